The van der Waals surface area contributed by atoms with Crippen LogP contribution in [0.5, 0.6) is 11.6 Å². The van der Waals surface area contributed by atoms with Gasteiger partial charge in [-0.05, 0) is 55.0 Å². The molecule has 0 bridgehead atoms. The Kier molecular flexibility index (Phi) is 7.89. The predicted molar refractivity (Wildman–Crippen MR) is 135 cm³/mol. The highest BCUT2D eigenvalue weighted by atomic mass is 35.5. The molecule has 2 heterocycles. The molecule has 4 rings (SSSR count). The number of aliphatic hydroxyl groups excluding tert-OH is 1. The lowest BCUT2D eigenvalue weighted by molar-refractivity contribution is 0.0913. The zero-order chi connectivity index (χ0) is 25.5. The molecule has 10 nitrogen and oxygen atoms in total. The van der Waals surface area contributed by atoms with Gasteiger partial charge in [0.1, 0.15) is 5.75 Å². The van der Waals surface area contributed by atoms with Gasteiger partial charge in [-0.2, -0.15) is 10.1 Å². The number of benzene rings is 2. The molecule has 1 amide bonds. The number of carbonyl (C=O) groups excluding carboxylic acids is 1. The Balaban J connectivity index is 1.61. The first-order valence-corrected chi connectivity index (χ1v) is 11.4. The van der Waals surface area contributed by atoms with Crippen LogP contribution in [0.2, 0.25) is 5.02 Å². The van der Waals surface area contributed by atoms with Crippen molar-refractivity contribution in [2.24, 2.45) is 0 Å². The molecule has 0 fully saturated rings. The van der Waals surface area contributed by atoms with E-state index in [4.69, 9.17) is 16.3 Å². The Morgan fingerprint density at radius 2 is 1.86 bits per heavy atom. The number of aliphatic hydroxyl groups is 1. The van der Waals surface area contributed by atoms with E-state index in [0.717, 1.165) is 5.56 Å². The normalized spacial score (nSPS) is 11.5. The second-order valence-corrected chi connectivity index (χ2v) is 8.29. The Hall–Kier alpha value is -4.28. The van der Waals surface area contributed by atoms with E-state index >= 15 is 0 Å². The molecule has 1 atom stereocenters. The molecular weight excluding hydrogens is 484 g/mol. The zero-order valence-electron chi connectivity index (χ0n) is 19.3. The van der Waals surface area contributed by atoms with Gasteiger partial charge in [0.2, 0.25) is 17.5 Å². The third-order valence-corrected chi connectivity index (χ3v) is 5.21. The number of anilines is 2. The first-order chi connectivity index (χ1) is 17.4. The Morgan fingerprint density at radius 1 is 1.11 bits per heavy atom. The molecular formula is C25H23ClN6O4. The molecule has 4 aromatic rings. The van der Waals surface area contributed by atoms with Gasteiger partial charge >= 0.3 is 5.56 Å². The first kappa shape index (κ1) is 24.8. The topological polar surface area (TPSA) is 131 Å². The van der Waals surface area contributed by atoms with Crippen LogP contribution in [0.15, 0.2) is 77.7 Å². The fourth-order valence-electron chi connectivity index (χ4n) is 3.13. The number of pyridine rings is 1. The van der Waals surface area contributed by atoms with Gasteiger partial charge in [-0.1, -0.05) is 29.8 Å². The minimum Gasteiger partial charge on any atom is -0.439 e. The SMILES string of the molecule is C[C@@H](CO)NC(=O)c1nn(Cc2ccc(Cl)cc2)c(Nc2ccc(Oc3ccccn3)cc2)nc1=O. The van der Waals surface area contributed by atoms with E-state index in [1.165, 1.54) is 4.68 Å². The molecule has 0 saturated carbocycles. The Labute approximate surface area is 211 Å². The summed E-state index contributed by atoms with van der Waals surface area (Å²) in [7, 11) is 0. The molecule has 0 spiro atoms. The second-order valence-electron chi connectivity index (χ2n) is 7.85. The minimum atomic E-state index is -0.803. The molecule has 36 heavy (non-hydrogen) atoms. The number of carbonyl (C=O) groups is 1. The van der Waals surface area contributed by atoms with E-state index in [1.54, 1.807) is 61.7 Å². The predicted octanol–water partition coefficient (Wildman–Crippen LogP) is 3.38. The van der Waals surface area contributed by atoms with Crippen LogP contribution in [0.25, 0.3) is 0 Å². The lowest BCUT2D eigenvalue weighted by Gasteiger charge is -2.15. The monoisotopic (exact) mass is 506 g/mol. The molecule has 0 saturated heterocycles. The molecule has 2 aromatic heterocycles. The molecule has 0 aliphatic heterocycles. The summed E-state index contributed by atoms with van der Waals surface area (Å²) >= 11 is 5.99. The van der Waals surface area contributed by atoms with Crippen LogP contribution in [0, 0.1) is 0 Å². The van der Waals surface area contributed by atoms with Crippen molar-refractivity contribution in [3.63, 3.8) is 0 Å². The summed E-state index contributed by atoms with van der Waals surface area (Å²) in [6.07, 6.45) is 1.64. The number of amides is 1. The van der Waals surface area contributed by atoms with Gasteiger partial charge in [0.25, 0.3) is 5.91 Å². The van der Waals surface area contributed by atoms with Crippen molar-refractivity contribution >= 4 is 29.1 Å². The highest BCUT2D eigenvalue weighted by Crippen LogP contribution is 2.23. The number of aromatic nitrogens is 4. The summed E-state index contributed by atoms with van der Waals surface area (Å²) < 4.78 is 7.12. The Morgan fingerprint density at radius 3 is 2.53 bits per heavy atom. The van der Waals surface area contributed by atoms with Crippen LogP contribution >= 0.6 is 11.6 Å². The van der Waals surface area contributed by atoms with Gasteiger partial charge in [0, 0.05) is 29.0 Å². The van der Waals surface area contributed by atoms with Crippen LogP contribution < -0.4 is 20.9 Å². The van der Waals surface area contributed by atoms with Crippen molar-refractivity contribution in [1.29, 1.82) is 0 Å². The average molecular weight is 507 g/mol. The first-order valence-electron chi connectivity index (χ1n) is 11.0. The third-order valence-electron chi connectivity index (χ3n) is 4.96. The molecule has 0 unspecified atom stereocenters. The number of hydrogen-bond donors (Lipinski definition) is 3. The van der Waals surface area contributed by atoms with E-state index in [9.17, 15) is 14.7 Å². The number of halogens is 1. The lowest BCUT2D eigenvalue weighted by atomic mass is 10.2. The standard InChI is InChI=1S/C25H23ClN6O4/c1-16(15-33)28-23(34)22-24(35)30-25(32(31-22)14-17-5-7-18(26)8-6-17)29-19-9-11-20(12-10-19)36-21-4-2-3-13-27-21/h2-13,16,33H,14-15H2,1H3,(H,28,34)(H,29,30,35)/t16-/m0/s1. The molecule has 11 heteroatoms. The molecule has 184 valence electrons. The fraction of sp³-hybridized carbons (Fsp3) is 0.160. The smallest absolute Gasteiger partial charge is 0.306 e. The van der Waals surface area contributed by atoms with Gasteiger partial charge in [-0.15, -0.1) is 0 Å². The molecule has 2 aromatic carbocycles. The van der Waals surface area contributed by atoms with Crippen LogP contribution in [0.4, 0.5) is 11.6 Å². The second kappa shape index (κ2) is 11.4. The van der Waals surface area contributed by atoms with Crippen molar-refractivity contribution in [2.75, 3.05) is 11.9 Å². The van der Waals surface area contributed by atoms with Crippen LogP contribution in [-0.4, -0.2) is 43.4 Å². The van der Waals surface area contributed by atoms with Crippen LogP contribution in [0.3, 0.4) is 0 Å². The highest BCUT2D eigenvalue weighted by Gasteiger charge is 2.19. The lowest BCUT2D eigenvalue weighted by Crippen LogP contribution is -2.39. The summed E-state index contributed by atoms with van der Waals surface area (Å²) in [5.41, 5.74) is 0.263. The molecule has 0 aliphatic rings. The maximum Gasteiger partial charge on any atom is 0.306 e. The fourth-order valence-corrected chi connectivity index (χ4v) is 3.25. The molecule has 0 aliphatic carbocycles. The van der Waals surface area contributed by atoms with Crippen molar-refractivity contribution < 1.29 is 14.6 Å². The van der Waals surface area contributed by atoms with Crippen molar-refractivity contribution in [3.8, 4) is 11.6 Å². The number of ether oxygens (including phenoxy) is 1. The number of nitrogens with one attached hydrogen (secondary N) is 2. The van der Waals surface area contributed by atoms with Crippen molar-refractivity contribution in [2.45, 2.75) is 19.5 Å². The quantitative estimate of drug-likeness (QED) is 0.315. The molecule has 0 radical (unpaired) electrons. The number of hydrogen-bond acceptors (Lipinski definition) is 8. The summed E-state index contributed by atoms with van der Waals surface area (Å²) in [6, 6.07) is 18.9. The summed E-state index contributed by atoms with van der Waals surface area (Å²) in [6.45, 7) is 1.54. The van der Waals surface area contributed by atoms with Gasteiger partial charge in [-0.25, -0.2) is 9.67 Å². The largest absolute Gasteiger partial charge is 0.439 e. The number of rotatable bonds is 9. The van der Waals surface area contributed by atoms with Gasteiger partial charge < -0.3 is 20.5 Å². The number of nitrogens with zero attached hydrogens (tertiary/aromatic N) is 4. The van der Waals surface area contributed by atoms with Gasteiger partial charge in [-0.3, -0.25) is 9.59 Å². The maximum atomic E-state index is 12.7. The van der Waals surface area contributed by atoms with Crippen LogP contribution in [-0.2, 0) is 6.54 Å². The molecule has 3 N–H and O–H groups in total. The minimum absolute atomic E-state index is 0.139. The van der Waals surface area contributed by atoms with Crippen molar-refractivity contribution in [3.05, 3.63) is 99.6 Å². The maximum absolute atomic E-state index is 12.7. The summed E-state index contributed by atoms with van der Waals surface area (Å²) in [5.74, 6) is 0.459. The average Bonchev–Trinajstić information content (AvgIpc) is 2.88. The van der Waals surface area contributed by atoms with Gasteiger partial charge in [0.05, 0.1) is 13.2 Å². The van der Waals surface area contributed by atoms with E-state index in [2.05, 4.69) is 25.7 Å². The third kappa shape index (κ3) is 6.44. The van der Waals surface area contributed by atoms with Crippen LogP contribution in [0.1, 0.15) is 23.0 Å². The highest BCUT2D eigenvalue weighted by molar-refractivity contribution is 6.30. The summed E-state index contributed by atoms with van der Waals surface area (Å²) in [4.78, 5) is 33.4. The summed E-state index contributed by atoms with van der Waals surface area (Å²) in [5, 5.41) is 19.7. The zero-order valence-corrected chi connectivity index (χ0v) is 20.0. The van der Waals surface area contributed by atoms with Gasteiger partial charge in [0.15, 0.2) is 0 Å². The van der Waals surface area contributed by atoms with E-state index < -0.39 is 17.5 Å². The van der Waals surface area contributed by atoms with E-state index in [1.807, 2.05) is 18.2 Å². The van der Waals surface area contributed by atoms with Crippen molar-refractivity contribution in [1.82, 2.24) is 25.1 Å². The Bertz CT molecular complexity index is 1380. The van der Waals surface area contributed by atoms with E-state index in [-0.39, 0.29) is 24.8 Å². The van der Waals surface area contributed by atoms with E-state index in [0.29, 0.717) is 22.3 Å².